The van der Waals surface area contributed by atoms with Crippen LogP contribution in [-0.2, 0) is 0 Å². The lowest BCUT2D eigenvalue weighted by atomic mass is 9.99. The topological polar surface area (TPSA) is 69.8 Å². The number of ether oxygens (including phenoxy) is 4. The molecule has 0 saturated carbocycles. The minimum Gasteiger partial charge on any atom is -0.497 e. The van der Waals surface area contributed by atoms with Gasteiger partial charge in [0.15, 0.2) is 17.3 Å². The third-order valence-electron chi connectivity index (χ3n) is 5.28. The predicted octanol–water partition coefficient (Wildman–Crippen LogP) is 5.10. The van der Waals surface area contributed by atoms with Gasteiger partial charge in [0.25, 0.3) is 0 Å². The quantitative estimate of drug-likeness (QED) is 0.424. The minimum absolute atomic E-state index is 0.136. The van der Waals surface area contributed by atoms with Crippen molar-refractivity contribution in [1.82, 2.24) is 4.98 Å². The van der Waals surface area contributed by atoms with Gasteiger partial charge < -0.3 is 23.9 Å². The summed E-state index contributed by atoms with van der Waals surface area (Å²) in [5.41, 5.74) is 4.02. The first-order valence-electron chi connectivity index (χ1n) is 9.70. The van der Waals surface area contributed by atoms with Crippen LogP contribution in [0.3, 0.4) is 0 Å². The maximum absolute atomic E-state index is 13.3. The van der Waals surface area contributed by atoms with E-state index >= 15 is 0 Å². The predicted molar refractivity (Wildman–Crippen MR) is 120 cm³/mol. The lowest BCUT2D eigenvalue weighted by Crippen LogP contribution is -2.03. The second-order valence-electron chi connectivity index (χ2n) is 6.93. The molecule has 6 nitrogen and oxygen atoms in total. The Morgan fingerprint density at radius 1 is 0.742 bits per heavy atom. The number of nitrogens with one attached hydrogen (secondary N) is 1. The molecule has 158 valence electrons. The highest BCUT2D eigenvalue weighted by Crippen LogP contribution is 2.39. The number of carbonyl (C=O) groups excluding carboxylic acids is 1. The molecule has 3 aromatic carbocycles. The van der Waals surface area contributed by atoms with Gasteiger partial charge >= 0.3 is 0 Å². The summed E-state index contributed by atoms with van der Waals surface area (Å²) in [6, 6.07) is 17.2. The van der Waals surface area contributed by atoms with Crippen molar-refractivity contribution in [1.29, 1.82) is 0 Å². The van der Waals surface area contributed by atoms with Crippen molar-refractivity contribution in [3.8, 4) is 34.1 Å². The average Bonchev–Trinajstić information content (AvgIpc) is 3.25. The molecular weight excluding hydrogens is 394 g/mol. The highest BCUT2D eigenvalue weighted by atomic mass is 16.5. The van der Waals surface area contributed by atoms with Gasteiger partial charge in [0.05, 0.1) is 28.4 Å². The second-order valence-corrected chi connectivity index (χ2v) is 6.93. The minimum atomic E-state index is -0.136. The van der Waals surface area contributed by atoms with Crippen LogP contribution in [0.25, 0.3) is 22.0 Å². The van der Waals surface area contributed by atoms with E-state index < -0.39 is 0 Å². The van der Waals surface area contributed by atoms with Crippen molar-refractivity contribution in [3.63, 3.8) is 0 Å². The zero-order valence-electron chi connectivity index (χ0n) is 17.8. The molecule has 0 aliphatic carbocycles. The van der Waals surface area contributed by atoms with Crippen LogP contribution in [0, 0.1) is 0 Å². The van der Waals surface area contributed by atoms with Gasteiger partial charge in [-0.25, -0.2) is 0 Å². The smallest absolute Gasteiger partial charge is 0.203 e. The molecule has 1 heterocycles. The number of hydrogen-bond donors (Lipinski definition) is 1. The Morgan fingerprint density at radius 2 is 1.39 bits per heavy atom. The number of methoxy groups -OCH3 is 4. The fraction of sp³-hybridized carbons (Fsp3) is 0.160. The summed E-state index contributed by atoms with van der Waals surface area (Å²) in [6.07, 6.45) is 1.73. The van der Waals surface area contributed by atoms with E-state index in [1.165, 1.54) is 21.3 Å². The number of fused-ring (bicyclic) bond motifs is 1. The van der Waals surface area contributed by atoms with Crippen LogP contribution in [0.4, 0.5) is 0 Å². The maximum Gasteiger partial charge on any atom is 0.203 e. The van der Waals surface area contributed by atoms with E-state index in [1.807, 2.05) is 42.5 Å². The van der Waals surface area contributed by atoms with E-state index in [4.69, 9.17) is 18.9 Å². The first-order valence-corrected chi connectivity index (χ1v) is 9.70. The normalized spacial score (nSPS) is 10.7. The fourth-order valence-electron chi connectivity index (χ4n) is 3.64. The first-order chi connectivity index (χ1) is 15.1. The molecule has 0 aliphatic rings. The summed E-state index contributed by atoms with van der Waals surface area (Å²) in [5.74, 6) is 1.99. The Kier molecular flexibility index (Phi) is 5.54. The van der Waals surface area contributed by atoms with Crippen LogP contribution in [0.1, 0.15) is 15.9 Å². The lowest BCUT2D eigenvalue weighted by Gasteiger charge is -2.13. The molecule has 0 radical (unpaired) electrons. The van der Waals surface area contributed by atoms with Gasteiger partial charge in [-0.3, -0.25) is 4.79 Å². The maximum atomic E-state index is 13.3. The molecule has 0 spiro atoms. The molecule has 31 heavy (non-hydrogen) atoms. The third kappa shape index (κ3) is 3.68. The molecule has 0 fully saturated rings. The molecular formula is C25H23NO5. The molecule has 0 atom stereocenters. The van der Waals surface area contributed by atoms with E-state index in [0.29, 0.717) is 28.4 Å². The summed E-state index contributed by atoms with van der Waals surface area (Å²) in [7, 11) is 6.23. The molecule has 0 bridgehead atoms. The van der Waals surface area contributed by atoms with E-state index in [1.54, 1.807) is 25.4 Å². The van der Waals surface area contributed by atoms with E-state index in [-0.39, 0.29) is 5.78 Å². The number of benzene rings is 3. The van der Waals surface area contributed by atoms with Crippen LogP contribution in [-0.4, -0.2) is 39.2 Å². The van der Waals surface area contributed by atoms with Crippen LogP contribution in [0.2, 0.25) is 0 Å². The fourth-order valence-corrected chi connectivity index (χ4v) is 3.64. The average molecular weight is 417 g/mol. The van der Waals surface area contributed by atoms with Crippen LogP contribution < -0.4 is 18.9 Å². The van der Waals surface area contributed by atoms with Crippen molar-refractivity contribution in [2.45, 2.75) is 0 Å². The summed E-state index contributed by atoms with van der Waals surface area (Å²) in [6.45, 7) is 0. The van der Waals surface area contributed by atoms with Crippen LogP contribution in [0.15, 0.2) is 60.8 Å². The van der Waals surface area contributed by atoms with Crippen LogP contribution >= 0.6 is 0 Å². The number of aromatic nitrogens is 1. The standard InChI is InChI=1S/C25H23NO5/c1-28-18-8-5-15(6-9-18)16-7-10-19-20(14-26-21(19)11-16)24(27)17-12-22(29-2)25(31-4)23(13-17)30-3/h5-14,26H,1-4H3. The molecule has 4 aromatic rings. The lowest BCUT2D eigenvalue weighted by molar-refractivity contribution is 0.103. The molecule has 6 heteroatoms. The van der Waals surface area contributed by atoms with E-state index in [2.05, 4.69) is 4.98 Å². The van der Waals surface area contributed by atoms with Gasteiger partial charge in [-0.15, -0.1) is 0 Å². The molecule has 0 saturated heterocycles. The van der Waals surface area contributed by atoms with Gasteiger partial charge in [-0.1, -0.05) is 24.3 Å². The Bertz CT molecular complexity index is 1220. The number of H-pyrrole nitrogens is 1. The number of carbonyl (C=O) groups is 1. The van der Waals surface area contributed by atoms with Gasteiger partial charge in [0.2, 0.25) is 5.75 Å². The highest BCUT2D eigenvalue weighted by Gasteiger charge is 2.20. The second kappa shape index (κ2) is 8.44. The number of ketones is 1. The van der Waals surface area contributed by atoms with Crippen LogP contribution in [0.5, 0.6) is 23.0 Å². The van der Waals surface area contributed by atoms with Crippen molar-refractivity contribution in [2.24, 2.45) is 0 Å². The Balaban J connectivity index is 1.72. The Morgan fingerprint density at radius 3 is 1.97 bits per heavy atom. The Labute approximate surface area is 180 Å². The number of aromatic amines is 1. The van der Waals surface area contributed by atoms with Gasteiger partial charge in [0.1, 0.15) is 5.75 Å². The summed E-state index contributed by atoms with van der Waals surface area (Å²) < 4.78 is 21.3. The molecule has 1 aromatic heterocycles. The molecule has 0 amide bonds. The Hall–Kier alpha value is -3.93. The summed E-state index contributed by atoms with van der Waals surface area (Å²) in [5, 5.41) is 0.844. The van der Waals surface area contributed by atoms with Crippen molar-refractivity contribution in [3.05, 3.63) is 71.9 Å². The third-order valence-corrected chi connectivity index (χ3v) is 5.28. The van der Waals surface area contributed by atoms with E-state index in [9.17, 15) is 4.79 Å². The number of rotatable bonds is 7. The highest BCUT2D eigenvalue weighted by molar-refractivity contribution is 6.17. The number of hydrogen-bond acceptors (Lipinski definition) is 5. The van der Waals surface area contributed by atoms with E-state index in [0.717, 1.165) is 27.8 Å². The molecule has 0 unspecified atom stereocenters. The molecule has 4 rings (SSSR count). The zero-order valence-corrected chi connectivity index (χ0v) is 17.8. The van der Waals surface area contributed by atoms with Gasteiger partial charge in [-0.2, -0.15) is 0 Å². The van der Waals surface area contributed by atoms with Gasteiger partial charge in [0, 0.05) is 28.2 Å². The largest absolute Gasteiger partial charge is 0.497 e. The monoisotopic (exact) mass is 417 g/mol. The molecule has 1 N–H and O–H groups in total. The molecule has 0 aliphatic heterocycles. The first kappa shape index (κ1) is 20.3. The zero-order chi connectivity index (χ0) is 22.0. The van der Waals surface area contributed by atoms with Gasteiger partial charge in [-0.05, 0) is 41.5 Å². The summed E-state index contributed by atoms with van der Waals surface area (Å²) in [4.78, 5) is 16.5. The summed E-state index contributed by atoms with van der Waals surface area (Å²) >= 11 is 0. The SMILES string of the molecule is COc1ccc(-c2ccc3c(C(=O)c4cc(OC)c(OC)c(OC)c4)c[nH]c3c2)cc1. The van der Waals surface area contributed by atoms with Crippen molar-refractivity contribution >= 4 is 16.7 Å². The van der Waals surface area contributed by atoms with Crippen molar-refractivity contribution < 1.29 is 23.7 Å². The van der Waals surface area contributed by atoms with Crippen molar-refractivity contribution in [2.75, 3.05) is 28.4 Å².